The van der Waals surface area contributed by atoms with Crippen molar-refractivity contribution in [3.8, 4) is 0 Å². The largest absolute Gasteiger partial charge is 0.392 e. The minimum absolute atomic E-state index is 0.168. The standard InChI is InChI=1S/C13H27NO/c1-3-11(2)13(15)10-14-12-8-6-4-5-7-9-12/h11-15H,3-10H2,1-2H3. The van der Waals surface area contributed by atoms with E-state index in [1.807, 2.05) is 0 Å². The van der Waals surface area contributed by atoms with E-state index in [0.717, 1.165) is 13.0 Å². The van der Waals surface area contributed by atoms with Crippen LogP contribution in [0.5, 0.6) is 0 Å². The van der Waals surface area contributed by atoms with Gasteiger partial charge in [0.15, 0.2) is 0 Å². The van der Waals surface area contributed by atoms with Crippen molar-refractivity contribution in [2.24, 2.45) is 5.92 Å². The van der Waals surface area contributed by atoms with Gasteiger partial charge in [0.05, 0.1) is 6.10 Å². The molecule has 0 aromatic heterocycles. The third-order valence-corrected chi connectivity index (χ3v) is 3.77. The van der Waals surface area contributed by atoms with E-state index in [1.165, 1.54) is 38.5 Å². The second kappa shape index (κ2) is 7.24. The van der Waals surface area contributed by atoms with Gasteiger partial charge >= 0.3 is 0 Å². The van der Waals surface area contributed by atoms with Gasteiger partial charge in [0, 0.05) is 12.6 Å². The van der Waals surface area contributed by atoms with Crippen LogP contribution in [0.1, 0.15) is 58.8 Å². The van der Waals surface area contributed by atoms with Crippen LogP contribution in [0, 0.1) is 5.92 Å². The Morgan fingerprint density at radius 3 is 2.33 bits per heavy atom. The molecule has 0 aliphatic heterocycles. The Morgan fingerprint density at radius 1 is 1.20 bits per heavy atom. The second-order valence-electron chi connectivity index (χ2n) is 5.05. The van der Waals surface area contributed by atoms with Crippen LogP contribution in [0.2, 0.25) is 0 Å². The van der Waals surface area contributed by atoms with E-state index < -0.39 is 0 Å². The van der Waals surface area contributed by atoms with Gasteiger partial charge in [-0.25, -0.2) is 0 Å². The lowest BCUT2D eigenvalue weighted by atomic mass is 10.0. The highest BCUT2D eigenvalue weighted by atomic mass is 16.3. The Balaban J connectivity index is 2.17. The quantitative estimate of drug-likeness (QED) is 0.688. The van der Waals surface area contributed by atoms with Crippen LogP contribution in [0.4, 0.5) is 0 Å². The van der Waals surface area contributed by atoms with E-state index in [-0.39, 0.29) is 6.10 Å². The first-order chi connectivity index (χ1) is 7.24. The van der Waals surface area contributed by atoms with E-state index in [0.29, 0.717) is 12.0 Å². The zero-order valence-electron chi connectivity index (χ0n) is 10.3. The number of nitrogens with one attached hydrogen (secondary N) is 1. The molecule has 0 heterocycles. The molecule has 2 atom stereocenters. The van der Waals surface area contributed by atoms with Crippen molar-refractivity contribution in [2.45, 2.75) is 70.9 Å². The van der Waals surface area contributed by atoms with Crippen molar-refractivity contribution < 1.29 is 5.11 Å². The molecule has 2 unspecified atom stereocenters. The van der Waals surface area contributed by atoms with E-state index in [2.05, 4.69) is 19.2 Å². The molecule has 1 rings (SSSR count). The van der Waals surface area contributed by atoms with Gasteiger partial charge in [0.1, 0.15) is 0 Å². The fourth-order valence-corrected chi connectivity index (χ4v) is 2.24. The van der Waals surface area contributed by atoms with Gasteiger partial charge in [-0.15, -0.1) is 0 Å². The van der Waals surface area contributed by atoms with Gasteiger partial charge in [-0.3, -0.25) is 0 Å². The highest BCUT2D eigenvalue weighted by molar-refractivity contribution is 4.74. The molecule has 2 N–H and O–H groups in total. The second-order valence-corrected chi connectivity index (χ2v) is 5.05. The number of hydrogen-bond acceptors (Lipinski definition) is 2. The topological polar surface area (TPSA) is 32.3 Å². The van der Waals surface area contributed by atoms with Crippen molar-refractivity contribution in [1.29, 1.82) is 0 Å². The van der Waals surface area contributed by atoms with Crippen molar-refractivity contribution >= 4 is 0 Å². The molecule has 1 aliphatic rings. The molecular weight excluding hydrogens is 186 g/mol. The molecule has 2 nitrogen and oxygen atoms in total. The molecule has 0 bridgehead atoms. The average Bonchev–Trinajstić information content (AvgIpc) is 2.53. The SMILES string of the molecule is CCC(C)C(O)CNC1CCCCCC1. The minimum Gasteiger partial charge on any atom is -0.392 e. The van der Waals surface area contributed by atoms with Gasteiger partial charge in [-0.05, 0) is 18.8 Å². The predicted molar refractivity (Wildman–Crippen MR) is 65.0 cm³/mol. The summed E-state index contributed by atoms with van der Waals surface area (Å²) in [6, 6.07) is 0.659. The maximum absolute atomic E-state index is 9.86. The van der Waals surface area contributed by atoms with E-state index in [1.54, 1.807) is 0 Å². The van der Waals surface area contributed by atoms with Crippen LogP contribution in [0.3, 0.4) is 0 Å². The molecule has 0 spiro atoms. The summed E-state index contributed by atoms with van der Waals surface area (Å²) in [6.45, 7) is 5.04. The molecule has 90 valence electrons. The summed E-state index contributed by atoms with van der Waals surface area (Å²) < 4.78 is 0. The normalized spacial score (nSPS) is 23.4. The van der Waals surface area contributed by atoms with Gasteiger partial charge in [-0.1, -0.05) is 46.0 Å². The highest BCUT2D eigenvalue weighted by Gasteiger charge is 2.16. The summed E-state index contributed by atoms with van der Waals surface area (Å²) in [5.74, 6) is 0.420. The van der Waals surface area contributed by atoms with E-state index in [9.17, 15) is 5.11 Å². The van der Waals surface area contributed by atoms with E-state index in [4.69, 9.17) is 0 Å². The Hall–Kier alpha value is -0.0800. The average molecular weight is 213 g/mol. The molecular formula is C13H27NO. The Kier molecular flexibility index (Phi) is 6.26. The van der Waals surface area contributed by atoms with Gasteiger partial charge in [0.25, 0.3) is 0 Å². The highest BCUT2D eigenvalue weighted by Crippen LogP contribution is 2.17. The third kappa shape index (κ3) is 4.98. The first kappa shape index (κ1) is 13.0. The summed E-state index contributed by atoms with van der Waals surface area (Å²) in [5.41, 5.74) is 0. The van der Waals surface area contributed by atoms with Crippen LogP contribution in [0.25, 0.3) is 0 Å². The monoisotopic (exact) mass is 213 g/mol. The molecule has 0 saturated heterocycles. The van der Waals surface area contributed by atoms with Crippen LogP contribution in [-0.2, 0) is 0 Å². The molecule has 2 heteroatoms. The lowest BCUT2D eigenvalue weighted by molar-refractivity contribution is 0.109. The summed E-state index contributed by atoms with van der Waals surface area (Å²) in [7, 11) is 0. The first-order valence-electron chi connectivity index (χ1n) is 6.65. The lowest BCUT2D eigenvalue weighted by Crippen LogP contribution is -2.37. The smallest absolute Gasteiger partial charge is 0.0690 e. The number of aliphatic hydroxyl groups is 1. The minimum atomic E-state index is -0.168. The third-order valence-electron chi connectivity index (χ3n) is 3.77. The van der Waals surface area contributed by atoms with Crippen LogP contribution < -0.4 is 5.32 Å². The fraction of sp³-hybridized carbons (Fsp3) is 1.00. The Labute approximate surface area is 94.5 Å². The first-order valence-corrected chi connectivity index (χ1v) is 6.65. The van der Waals surface area contributed by atoms with Gasteiger partial charge in [-0.2, -0.15) is 0 Å². The molecule has 15 heavy (non-hydrogen) atoms. The molecule has 0 aromatic rings. The number of rotatable bonds is 5. The van der Waals surface area contributed by atoms with E-state index >= 15 is 0 Å². The maximum Gasteiger partial charge on any atom is 0.0690 e. The van der Waals surface area contributed by atoms with Crippen LogP contribution in [0.15, 0.2) is 0 Å². The summed E-state index contributed by atoms with van der Waals surface area (Å²) in [6.07, 6.45) is 9.00. The van der Waals surface area contributed by atoms with Gasteiger partial charge < -0.3 is 10.4 Å². The van der Waals surface area contributed by atoms with Crippen molar-refractivity contribution in [1.82, 2.24) is 5.32 Å². The van der Waals surface area contributed by atoms with Crippen LogP contribution >= 0.6 is 0 Å². The zero-order valence-corrected chi connectivity index (χ0v) is 10.3. The zero-order chi connectivity index (χ0) is 11.1. The number of hydrogen-bond donors (Lipinski definition) is 2. The number of aliphatic hydroxyl groups excluding tert-OH is 1. The molecule has 0 radical (unpaired) electrons. The fourth-order valence-electron chi connectivity index (χ4n) is 2.24. The Bertz CT molecular complexity index is 153. The van der Waals surface area contributed by atoms with Crippen molar-refractivity contribution in [3.63, 3.8) is 0 Å². The maximum atomic E-state index is 9.86. The molecule has 0 amide bonds. The van der Waals surface area contributed by atoms with Gasteiger partial charge in [0.2, 0.25) is 0 Å². The lowest BCUT2D eigenvalue weighted by Gasteiger charge is -2.22. The van der Waals surface area contributed by atoms with Crippen molar-refractivity contribution in [2.75, 3.05) is 6.54 Å². The molecule has 1 saturated carbocycles. The summed E-state index contributed by atoms with van der Waals surface area (Å²) >= 11 is 0. The summed E-state index contributed by atoms with van der Waals surface area (Å²) in [4.78, 5) is 0. The molecule has 1 aliphatic carbocycles. The molecule has 1 fully saturated rings. The predicted octanol–water partition coefficient (Wildman–Crippen LogP) is 2.71. The Morgan fingerprint density at radius 2 is 1.80 bits per heavy atom. The van der Waals surface area contributed by atoms with Crippen LogP contribution in [-0.4, -0.2) is 23.8 Å². The summed E-state index contributed by atoms with van der Waals surface area (Å²) in [5, 5.41) is 13.4. The molecule has 0 aromatic carbocycles. The van der Waals surface area contributed by atoms with Crippen molar-refractivity contribution in [3.05, 3.63) is 0 Å².